The average molecular weight is 252 g/mol. The second kappa shape index (κ2) is 5.36. The minimum atomic E-state index is -0.608. The van der Waals surface area contributed by atoms with E-state index in [4.69, 9.17) is 0 Å². The lowest BCUT2D eigenvalue weighted by atomic mass is 10.1. The number of carbonyl (C=O) groups is 2. The van der Waals surface area contributed by atoms with Gasteiger partial charge in [0.1, 0.15) is 0 Å². The molecule has 0 saturated heterocycles. The SMILES string of the molecule is C/C=C\C(C#Cc1ccc2c(c1)C(=O)OC2=O)=C/C. The van der Waals surface area contributed by atoms with E-state index in [-0.39, 0.29) is 5.56 Å². The van der Waals surface area contributed by atoms with Crippen molar-refractivity contribution < 1.29 is 14.3 Å². The number of hydrogen-bond acceptors (Lipinski definition) is 3. The molecule has 3 heteroatoms. The maximum absolute atomic E-state index is 11.4. The van der Waals surface area contributed by atoms with Crippen LogP contribution in [-0.2, 0) is 4.74 Å². The summed E-state index contributed by atoms with van der Waals surface area (Å²) in [7, 11) is 0. The Morgan fingerprint density at radius 2 is 1.89 bits per heavy atom. The Bertz CT molecular complexity index is 667. The van der Waals surface area contributed by atoms with E-state index in [0.717, 1.165) is 5.57 Å². The van der Waals surface area contributed by atoms with E-state index in [2.05, 4.69) is 16.6 Å². The maximum Gasteiger partial charge on any atom is 0.346 e. The molecule has 0 aliphatic carbocycles. The highest BCUT2D eigenvalue weighted by molar-refractivity contribution is 6.14. The standard InChI is InChI=1S/C16H12O3/c1-3-5-11(4-2)6-7-12-8-9-13-14(10-12)16(18)19-15(13)17/h3-5,8-10H,1-2H3/b5-3-,11-4+. The van der Waals surface area contributed by atoms with Gasteiger partial charge >= 0.3 is 11.9 Å². The van der Waals surface area contributed by atoms with Crippen molar-refractivity contribution in [3.05, 3.63) is 58.7 Å². The smallest absolute Gasteiger partial charge is 0.346 e. The second-order valence-electron chi connectivity index (χ2n) is 3.93. The molecule has 3 nitrogen and oxygen atoms in total. The predicted octanol–water partition coefficient (Wildman–Crippen LogP) is 2.87. The first-order valence-electron chi connectivity index (χ1n) is 5.87. The molecule has 0 saturated carbocycles. The summed E-state index contributed by atoms with van der Waals surface area (Å²) in [6.07, 6.45) is 5.71. The van der Waals surface area contributed by atoms with Crippen LogP contribution in [0.4, 0.5) is 0 Å². The van der Waals surface area contributed by atoms with Gasteiger partial charge in [-0.2, -0.15) is 0 Å². The molecule has 1 aliphatic rings. The zero-order chi connectivity index (χ0) is 13.8. The molecule has 2 rings (SSSR count). The van der Waals surface area contributed by atoms with E-state index in [1.165, 1.54) is 0 Å². The van der Waals surface area contributed by atoms with Gasteiger partial charge in [-0.05, 0) is 32.0 Å². The van der Waals surface area contributed by atoms with Crippen molar-refractivity contribution in [2.24, 2.45) is 0 Å². The van der Waals surface area contributed by atoms with Crippen LogP contribution in [0.15, 0.2) is 42.0 Å². The molecule has 0 unspecified atom stereocenters. The van der Waals surface area contributed by atoms with E-state index in [1.807, 2.05) is 32.1 Å². The van der Waals surface area contributed by atoms with Gasteiger partial charge in [0.05, 0.1) is 11.1 Å². The summed E-state index contributed by atoms with van der Waals surface area (Å²) in [6, 6.07) is 4.85. The molecule has 1 aromatic carbocycles. The summed E-state index contributed by atoms with van der Waals surface area (Å²) >= 11 is 0. The van der Waals surface area contributed by atoms with Gasteiger partial charge in [-0.3, -0.25) is 0 Å². The first kappa shape index (κ1) is 12.8. The van der Waals surface area contributed by atoms with Crippen molar-refractivity contribution in [1.82, 2.24) is 0 Å². The minimum absolute atomic E-state index is 0.282. The Kier molecular flexibility index (Phi) is 3.63. The molecule has 0 spiro atoms. The van der Waals surface area contributed by atoms with Gasteiger partial charge in [0.15, 0.2) is 0 Å². The first-order chi connectivity index (χ1) is 9.15. The summed E-state index contributed by atoms with van der Waals surface area (Å²) in [6.45, 7) is 3.82. The quantitative estimate of drug-likeness (QED) is 0.334. The highest BCUT2D eigenvalue weighted by Crippen LogP contribution is 2.20. The van der Waals surface area contributed by atoms with Gasteiger partial charge in [-0.25, -0.2) is 9.59 Å². The van der Waals surface area contributed by atoms with Crippen LogP contribution in [-0.4, -0.2) is 11.9 Å². The van der Waals surface area contributed by atoms with Crippen molar-refractivity contribution in [2.75, 3.05) is 0 Å². The van der Waals surface area contributed by atoms with Crippen LogP contribution in [0.5, 0.6) is 0 Å². The highest BCUT2D eigenvalue weighted by atomic mass is 16.6. The lowest BCUT2D eigenvalue weighted by Crippen LogP contribution is -1.96. The van der Waals surface area contributed by atoms with E-state index in [1.54, 1.807) is 18.2 Å². The Morgan fingerprint density at radius 1 is 1.16 bits per heavy atom. The number of hydrogen-bond donors (Lipinski definition) is 0. The first-order valence-corrected chi connectivity index (χ1v) is 5.87. The van der Waals surface area contributed by atoms with Gasteiger partial charge < -0.3 is 4.74 Å². The molecule has 94 valence electrons. The van der Waals surface area contributed by atoms with E-state index in [9.17, 15) is 9.59 Å². The maximum atomic E-state index is 11.4. The average Bonchev–Trinajstić information content (AvgIpc) is 2.70. The van der Waals surface area contributed by atoms with Gasteiger partial charge in [-0.1, -0.05) is 30.1 Å². The Hall–Kier alpha value is -2.60. The Labute approximate surface area is 111 Å². The zero-order valence-electron chi connectivity index (χ0n) is 10.7. The van der Waals surface area contributed by atoms with Crippen molar-refractivity contribution in [3.8, 4) is 11.8 Å². The largest absolute Gasteiger partial charge is 0.386 e. The molecule has 19 heavy (non-hydrogen) atoms. The molecule has 0 amide bonds. The van der Waals surface area contributed by atoms with E-state index < -0.39 is 11.9 Å². The van der Waals surface area contributed by atoms with Crippen molar-refractivity contribution in [2.45, 2.75) is 13.8 Å². The van der Waals surface area contributed by atoms with E-state index >= 15 is 0 Å². The number of rotatable bonds is 1. The normalized spacial score (nSPS) is 14.1. The molecule has 1 aliphatic heterocycles. The van der Waals surface area contributed by atoms with Gasteiger partial charge in [0.2, 0.25) is 0 Å². The summed E-state index contributed by atoms with van der Waals surface area (Å²) in [5.74, 6) is 4.75. The number of fused-ring (bicyclic) bond motifs is 1. The monoisotopic (exact) mass is 252 g/mol. The van der Waals surface area contributed by atoms with E-state index in [0.29, 0.717) is 11.1 Å². The van der Waals surface area contributed by atoms with Gasteiger partial charge in [0, 0.05) is 11.1 Å². The summed E-state index contributed by atoms with van der Waals surface area (Å²) in [4.78, 5) is 22.7. The summed E-state index contributed by atoms with van der Waals surface area (Å²) in [5, 5.41) is 0. The number of ether oxygens (including phenoxy) is 1. The van der Waals surface area contributed by atoms with Gasteiger partial charge in [0.25, 0.3) is 0 Å². The van der Waals surface area contributed by atoms with Crippen molar-refractivity contribution in [1.29, 1.82) is 0 Å². The molecule has 0 fully saturated rings. The summed E-state index contributed by atoms with van der Waals surface area (Å²) < 4.78 is 4.52. The zero-order valence-corrected chi connectivity index (χ0v) is 10.7. The third kappa shape index (κ3) is 2.63. The molecular weight excluding hydrogens is 240 g/mol. The molecule has 0 atom stereocenters. The number of cyclic esters (lactones) is 2. The molecule has 0 radical (unpaired) electrons. The van der Waals surface area contributed by atoms with Gasteiger partial charge in [-0.15, -0.1) is 0 Å². The molecule has 0 bridgehead atoms. The fourth-order valence-electron chi connectivity index (χ4n) is 1.70. The fraction of sp³-hybridized carbons (Fsp3) is 0.125. The van der Waals surface area contributed by atoms with Crippen LogP contribution in [0.2, 0.25) is 0 Å². The lowest BCUT2D eigenvalue weighted by molar-refractivity contribution is 0.0444. The summed E-state index contributed by atoms with van der Waals surface area (Å²) in [5.41, 5.74) is 2.15. The lowest BCUT2D eigenvalue weighted by Gasteiger charge is -1.93. The third-order valence-electron chi connectivity index (χ3n) is 2.65. The van der Waals surface area contributed by atoms with Crippen LogP contribution in [0.25, 0.3) is 0 Å². The fourth-order valence-corrected chi connectivity index (χ4v) is 1.70. The third-order valence-corrected chi connectivity index (χ3v) is 2.65. The number of benzene rings is 1. The Morgan fingerprint density at radius 3 is 2.58 bits per heavy atom. The Balaban J connectivity index is 2.35. The van der Waals surface area contributed by atoms with Crippen LogP contribution >= 0.6 is 0 Å². The second-order valence-corrected chi connectivity index (χ2v) is 3.93. The van der Waals surface area contributed by atoms with Crippen LogP contribution in [0.1, 0.15) is 40.1 Å². The molecular formula is C16H12O3. The predicted molar refractivity (Wildman–Crippen MR) is 71.6 cm³/mol. The minimum Gasteiger partial charge on any atom is -0.386 e. The number of carbonyl (C=O) groups excluding carboxylic acids is 2. The van der Waals surface area contributed by atoms with Crippen LogP contribution in [0.3, 0.4) is 0 Å². The molecule has 1 heterocycles. The molecule has 0 N–H and O–H groups in total. The number of allylic oxidation sites excluding steroid dienone is 4. The van der Waals surface area contributed by atoms with Crippen molar-refractivity contribution >= 4 is 11.9 Å². The highest BCUT2D eigenvalue weighted by Gasteiger charge is 2.29. The topological polar surface area (TPSA) is 43.4 Å². The van der Waals surface area contributed by atoms with Crippen molar-refractivity contribution in [3.63, 3.8) is 0 Å². The molecule has 0 aromatic heterocycles. The number of esters is 2. The molecule has 1 aromatic rings. The van der Waals surface area contributed by atoms with Crippen LogP contribution < -0.4 is 0 Å². The van der Waals surface area contributed by atoms with Crippen LogP contribution in [0, 0.1) is 11.8 Å².